The van der Waals surface area contributed by atoms with Crippen LogP contribution in [0.3, 0.4) is 0 Å². The van der Waals surface area contributed by atoms with Crippen LogP contribution in [0.2, 0.25) is 0 Å². The number of rotatable bonds is 6. The molecule has 2 rings (SSSR count). The second kappa shape index (κ2) is 7.33. The maximum Gasteiger partial charge on any atom is 0.326 e. The molecule has 7 heteroatoms. The van der Waals surface area contributed by atoms with Crippen molar-refractivity contribution in [2.75, 3.05) is 18.6 Å². The molecule has 1 unspecified atom stereocenters. The smallest absolute Gasteiger partial charge is 0.326 e. The summed E-state index contributed by atoms with van der Waals surface area (Å²) in [6, 6.07) is 6.04. The predicted molar refractivity (Wildman–Crippen MR) is 87.9 cm³/mol. The minimum atomic E-state index is -1.07. The molecule has 7 nitrogen and oxygen atoms in total. The van der Waals surface area contributed by atoms with Crippen LogP contribution in [0, 0.1) is 11.8 Å². The zero-order valence-electron chi connectivity index (χ0n) is 14.0. The van der Waals surface area contributed by atoms with Gasteiger partial charge in [-0.2, -0.15) is 0 Å². The van der Waals surface area contributed by atoms with Crippen molar-refractivity contribution in [1.29, 1.82) is 0 Å². The number of nitrogens with one attached hydrogen (secondary N) is 1. The Hall–Kier alpha value is -2.57. The van der Waals surface area contributed by atoms with E-state index in [2.05, 4.69) is 5.32 Å². The van der Waals surface area contributed by atoms with Crippen molar-refractivity contribution in [3.63, 3.8) is 0 Å². The molecule has 2 N–H and O–H groups in total. The third-order valence-corrected chi connectivity index (χ3v) is 4.11. The minimum Gasteiger partial charge on any atom is -0.497 e. The van der Waals surface area contributed by atoms with Gasteiger partial charge in [0.25, 0.3) is 0 Å². The van der Waals surface area contributed by atoms with E-state index in [9.17, 15) is 14.4 Å². The van der Waals surface area contributed by atoms with E-state index in [1.807, 2.05) is 0 Å². The number of methoxy groups -OCH3 is 1. The quantitative estimate of drug-likeness (QED) is 0.817. The van der Waals surface area contributed by atoms with Gasteiger partial charge in [0.05, 0.1) is 13.0 Å². The summed E-state index contributed by atoms with van der Waals surface area (Å²) in [5, 5.41) is 11.7. The minimum absolute atomic E-state index is 0.0717. The van der Waals surface area contributed by atoms with Crippen LogP contribution in [0.25, 0.3) is 0 Å². The fraction of sp³-hybridized carbons (Fsp3) is 0.471. The van der Waals surface area contributed by atoms with Gasteiger partial charge in [-0.3, -0.25) is 9.59 Å². The molecule has 1 aromatic rings. The van der Waals surface area contributed by atoms with Crippen molar-refractivity contribution in [1.82, 2.24) is 5.32 Å². The van der Waals surface area contributed by atoms with E-state index in [0.717, 1.165) is 0 Å². The molecule has 1 aliphatic rings. The van der Waals surface area contributed by atoms with Gasteiger partial charge in [-0.05, 0) is 30.2 Å². The summed E-state index contributed by atoms with van der Waals surface area (Å²) in [6.45, 7) is 3.69. The summed E-state index contributed by atoms with van der Waals surface area (Å²) >= 11 is 0. The molecule has 24 heavy (non-hydrogen) atoms. The number of carboxylic acids is 1. The zero-order valence-corrected chi connectivity index (χ0v) is 14.0. The first-order valence-electron chi connectivity index (χ1n) is 7.81. The molecule has 0 aliphatic carbocycles. The number of carboxylic acid groups (broad SMARTS) is 1. The number of hydrogen-bond acceptors (Lipinski definition) is 4. The number of hydrogen-bond donors (Lipinski definition) is 2. The molecule has 0 bridgehead atoms. The number of amides is 2. The first kappa shape index (κ1) is 17.8. The van der Waals surface area contributed by atoms with E-state index in [0.29, 0.717) is 11.4 Å². The van der Waals surface area contributed by atoms with Crippen molar-refractivity contribution in [3.8, 4) is 5.75 Å². The topological polar surface area (TPSA) is 95.9 Å². The number of carbonyl (C=O) groups excluding carboxylic acids is 2. The summed E-state index contributed by atoms with van der Waals surface area (Å²) < 4.78 is 5.08. The standard InChI is InChI=1S/C17H22N2O5/c1-10(2)15(17(22)23)18-16(21)11-8-14(20)19(9-11)12-4-6-13(24-3)7-5-12/h4-7,10-11,15H,8-9H2,1-3H3,(H,18,21)(H,22,23)/t11?,15-/m0/s1. The Morgan fingerprint density at radius 2 is 1.92 bits per heavy atom. The summed E-state index contributed by atoms with van der Waals surface area (Å²) in [5.74, 6) is -1.74. The normalized spacial score (nSPS) is 18.6. The maximum atomic E-state index is 12.3. The number of ether oxygens (including phenoxy) is 1. The summed E-state index contributed by atoms with van der Waals surface area (Å²) in [7, 11) is 1.56. The average molecular weight is 334 g/mol. The third kappa shape index (κ3) is 3.84. The Bertz CT molecular complexity index is 626. The zero-order chi connectivity index (χ0) is 17.9. The van der Waals surface area contributed by atoms with Crippen LogP contribution < -0.4 is 15.0 Å². The van der Waals surface area contributed by atoms with Crippen LogP contribution in [0.1, 0.15) is 20.3 Å². The van der Waals surface area contributed by atoms with E-state index in [1.165, 1.54) is 4.90 Å². The molecule has 0 aromatic heterocycles. The van der Waals surface area contributed by atoms with Gasteiger partial charge in [-0.1, -0.05) is 13.8 Å². The van der Waals surface area contributed by atoms with Crippen molar-refractivity contribution in [2.24, 2.45) is 11.8 Å². The van der Waals surface area contributed by atoms with Gasteiger partial charge in [-0.25, -0.2) is 4.79 Å². The van der Waals surface area contributed by atoms with Gasteiger partial charge < -0.3 is 20.1 Å². The number of nitrogens with zero attached hydrogens (tertiary/aromatic N) is 1. The molecule has 1 aromatic carbocycles. The lowest BCUT2D eigenvalue weighted by Gasteiger charge is -2.20. The van der Waals surface area contributed by atoms with Crippen molar-refractivity contribution in [2.45, 2.75) is 26.3 Å². The Labute approximate surface area is 140 Å². The van der Waals surface area contributed by atoms with Crippen LogP contribution in [0.5, 0.6) is 5.75 Å². The van der Waals surface area contributed by atoms with Crippen LogP contribution in [0.4, 0.5) is 5.69 Å². The van der Waals surface area contributed by atoms with E-state index in [-0.39, 0.29) is 24.8 Å². The summed E-state index contributed by atoms with van der Waals surface area (Å²) in [5.41, 5.74) is 0.690. The summed E-state index contributed by atoms with van der Waals surface area (Å²) in [4.78, 5) is 37.2. The molecule has 1 saturated heterocycles. The van der Waals surface area contributed by atoms with Crippen LogP contribution in [-0.2, 0) is 14.4 Å². The molecule has 1 aliphatic heterocycles. The van der Waals surface area contributed by atoms with Crippen LogP contribution in [0.15, 0.2) is 24.3 Å². The van der Waals surface area contributed by atoms with Gasteiger partial charge in [0, 0.05) is 18.7 Å². The highest BCUT2D eigenvalue weighted by Gasteiger charge is 2.37. The largest absolute Gasteiger partial charge is 0.497 e. The molecule has 0 radical (unpaired) electrons. The first-order chi connectivity index (χ1) is 11.3. The van der Waals surface area contributed by atoms with E-state index in [4.69, 9.17) is 9.84 Å². The molecule has 0 saturated carbocycles. The van der Waals surface area contributed by atoms with Crippen molar-refractivity contribution < 1.29 is 24.2 Å². The SMILES string of the molecule is COc1ccc(N2CC(C(=O)N[C@H](C(=O)O)C(C)C)CC2=O)cc1. The predicted octanol–water partition coefficient (Wildman–Crippen LogP) is 1.27. The lowest BCUT2D eigenvalue weighted by Crippen LogP contribution is -2.47. The molecule has 1 fully saturated rings. The fourth-order valence-corrected chi connectivity index (χ4v) is 2.68. The average Bonchev–Trinajstić information content (AvgIpc) is 2.93. The number of benzene rings is 1. The number of anilines is 1. The van der Waals surface area contributed by atoms with Gasteiger partial charge in [0.1, 0.15) is 11.8 Å². The second-order valence-corrected chi connectivity index (χ2v) is 6.17. The molecular weight excluding hydrogens is 312 g/mol. The highest BCUT2D eigenvalue weighted by atomic mass is 16.5. The van der Waals surface area contributed by atoms with Gasteiger partial charge in [-0.15, -0.1) is 0 Å². The monoisotopic (exact) mass is 334 g/mol. The Balaban J connectivity index is 2.05. The van der Waals surface area contributed by atoms with Gasteiger partial charge in [0.2, 0.25) is 11.8 Å². The summed E-state index contributed by atoms with van der Waals surface area (Å²) in [6.07, 6.45) is 0.0717. The van der Waals surface area contributed by atoms with Crippen LogP contribution >= 0.6 is 0 Å². The maximum absolute atomic E-state index is 12.3. The van der Waals surface area contributed by atoms with Crippen LogP contribution in [-0.4, -0.2) is 42.6 Å². The Kier molecular flexibility index (Phi) is 5.43. The highest BCUT2D eigenvalue weighted by molar-refractivity contribution is 6.00. The van der Waals surface area contributed by atoms with Gasteiger partial charge >= 0.3 is 5.97 Å². The fourth-order valence-electron chi connectivity index (χ4n) is 2.68. The Morgan fingerprint density at radius 3 is 2.42 bits per heavy atom. The number of aliphatic carboxylic acids is 1. The lowest BCUT2D eigenvalue weighted by molar-refractivity contribution is -0.143. The van der Waals surface area contributed by atoms with Crippen molar-refractivity contribution >= 4 is 23.5 Å². The molecule has 130 valence electrons. The third-order valence-electron chi connectivity index (χ3n) is 4.11. The molecule has 1 heterocycles. The highest BCUT2D eigenvalue weighted by Crippen LogP contribution is 2.27. The Morgan fingerprint density at radius 1 is 1.29 bits per heavy atom. The van der Waals surface area contributed by atoms with Crippen molar-refractivity contribution in [3.05, 3.63) is 24.3 Å². The second-order valence-electron chi connectivity index (χ2n) is 6.17. The lowest BCUT2D eigenvalue weighted by atomic mass is 10.0. The van der Waals surface area contributed by atoms with Gasteiger partial charge in [0.15, 0.2) is 0 Å². The molecule has 2 amide bonds. The van der Waals surface area contributed by atoms with E-state index < -0.39 is 23.8 Å². The van der Waals surface area contributed by atoms with E-state index >= 15 is 0 Å². The van der Waals surface area contributed by atoms with E-state index in [1.54, 1.807) is 45.2 Å². The number of carbonyl (C=O) groups is 3. The molecule has 2 atom stereocenters. The first-order valence-corrected chi connectivity index (χ1v) is 7.81. The molecule has 0 spiro atoms. The molecular formula is C17H22N2O5.